The third-order valence-electron chi connectivity index (χ3n) is 3.19. The van der Waals surface area contributed by atoms with Crippen molar-refractivity contribution in [2.75, 3.05) is 11.9 Å². The Morgan fingerprint density at radius 3 is 2.65 bits per heavy atom. The van der Waals surface area contributed by atoms with Crippen molar-refractivity contribution >= 4 is 11.6 Å². The lowest BCUT2D eigenvalue weighted by atomic mass is 9.86. The zero-order valence-electron chi connectivity index (χ0n) is 10.5. The van der Waals surface area contributed by atoms with Gasteiger partial charge in [0.2, 0.25) is 5.91 Å². The second-order valence-corrected chi connectivity index (χ2v) is 4.54. The molecule has 3 nitrogen and oxygen atoms in total. The van der Waals surface area contributed by atoms with Crippen LogP contribution in [-0.2, 0) is 4.79 Å². The van der Waals surface area contributed by atoms with Gasteiger partial charge in [0.25, 0.3) is 0 Å². The molecule has 1 rings (SSSR count). The topological polar surface area (TPSA) is 55.1 Å². The summed E-state index contributed by atoms with van der Waals surface area (Å²) in [6.45, 7) is 5.68. The van der Waals surface area contributed by atoms with E-state index in [0.717, 1.165) is 0 Å². The number of carbonyl (C=O) groups is 1. The molecule has 0 aliphatic heterocycles. The molecule has 1 atom stereocenters. The van der Waals surface area contributed by atoms with E-state index in [0.29, 0.717) is 17.7 Å². The molecule has 17 heavy (non-hydrogen) atoms. The SMILES string of the molecule is CCC(C)(CN)C(=O)Nc1ccc(F)c(C)c1. The van der Waals surface area contributed by atoms with Crippen molar-refractivity contribution in [2.45, 2.75) is 27.2 Å². The molecule has 1 aromatic rings. The number of carbonyl (C=O) groups excluding carboxylic acids is 1. The molecule has 1 amide bonds. The largest absolute Gasteiger partial charge is 0.329 e. The van der Waals surface area contributed by atoms with Crippen LogP contribution in [0.1, 0.15) is 25.8 Å². The van der Waals surface area contributed by atoms with Crippen molar-refractivity contribution in [1.82, 2.24) is 0 Å². The van der Waals surface area contributed by atoms with Crippen LogP contribution in [0.3, 0.4) is 0 Å². The van der Waals surface area contributed by atoms with E-state index in [9.17, 15) is 9.18 Å². The van der Waals surface area contributed by atoms with Crippen LogP contribution in [-0.4, -0.2) is 12.5 Å². The van der Waals surface area contributed by atoms with Gasteiger partial charge < -0.3 is 11.1 Å². The van der Waals surface area contributed by atoms with Crippen molar-refractivity contribution in [1.29, 1.82) is 0 Å². The zero-order chi connectivity index (χ0) is 13.1. The number of amides is 1. The van der Waals surface area contributed by atoms with Gasteiger partial charge in [-0.15, -0.1) is 0 Å². The van der Waals surface area contributed by atoms with Crippen LogP contribution in [0, 0.1) is 18.2 Å². The Kier molecular flexibility index (Phi) is 4.23. The fourth-order valence-corrected chi connectivity index (χ4v) is 1.40. The minimum Gasteiger partial charge on any atom is -0.329 e. The minimum absolute atomic E-state index is 0.131. The third-order valence-corrected chi connectivity index (χ3v) is 3.19. The fraction of sp³-hybridized carbons (Fsp3) is 0.462. The maximum absolute atomic E-state index is 13.1. The first-order valence-electron chi connectivity index (χ1n) is 5.70. The quantitative estimate of drug-likeness (QED) is 0.846. The first kappa shape index (κ1) is 13.6. The average molecular weight is 238 g/mol. The number of hydrogen-bond acceptors (Lipinski definition) is 2. The molecule has 0 spiro atoms. The monoisotopic (exact) mass is 238 g/mol. The van der Waals surface area contributed by atoms with Gasteiger partial charge in [-0.1, -0.05) is 6.92 Å². The molecular formula is C13H19FN2O. The molecule has 3 N–H and O–H groups in total. The first-order valence-corrected chi connectivity index (χ1v) is 5.70. The van der Waals surface area contributed by atoms with Gasteiger partial charge in [0, 0.05) is 12.2 Å². The number of hydrogen-bond donors (Lipinski definition) is 2. The number of aryl methyl sites for hydroxylation is 1. The normalized spacial score (nSPS) is 14.2. The van der Waals surface area contributed by atoms with Gasteiger partial charge in [0.15, 0.2) is 0 Å². The van der Waals surface area contributed by atoms with Gasteiger partial charge in [-0.3, -0.25) is 4.79 Å². The molecule has 0 aliphatic carbocycles. The Labute approximate surface area is 101 Å². The van der Waals surface area contributed by atoms with Crippen molar-refractivity contribution in [2.24, 2.45) is 11.1 Å². The van der Waals surface area contributed by atoms with E-state index in [4.69, 9.17) is 5.73 Å². The van der Waals surface area contributed by atoms with Gasteiger partial charge in [0.1, 0.15) is 5.82 Å². The maximum atomic E-state index is 13.1. The highest BCUT2D eigenvalue weighted by Crippen LogP contribution is 2.22. The number of rotatable bonds is 4. The van der Waals surface area contributed by atoms with Crippen LogP contribution in [0.15, 0.2) is 18.2 Å². The fourth-order valence-electron chi connectivity index (χ4n) is 1.40. The number of halogens is 1. The minimum atomic E-state index is -0.581. The van der Waals surface area contributed by atoms with Crippen LogP contribution in [0.2, 0.25) is 0 Å². The lowest BCUT2D eigenvalue weighted by Crippen LogP contribution is -2.39. The van der Waals surface area contributed by atoms with Crippen LogP contribution in [0.5, 0.6) is 0 Å². The molecule has 1 aromatic carbocycles. The summed E-state index contributed by atoms with van der Waals surface area (Å²) >= 11 is 0. The highest BCUT2D eigenvalue weighted by Gasteiger charge is 2.29. The number of benzene rings is 1. The zero-order valence-corrected chi connectivity index (χ0v) is 10.5. The molecule has 0 aromatic heterocycles. The summed E-state index contributed by atoms with van der Waals surface area (Å²) < 4.78 is 13.1. The smallest absolute Gasteiger partial charge is 0.231 e. The van der Waals surface area contributed by atoms with Crippen molar-refractivity contribution in [3.8, 4) is 0 Å². The van der Waals surface area contributed by atoms with Crippen LogP contribution in [0.25, 0.3) is 0 Å². The van der Waals surface area contributed by atoms with Crippen LogP contribution < -0.4 is 11.1 Å². The van der Waals surface area contributed by atoms with E-state index in [1.54, 1.807) is 19.1 Å². The standard InChI is InChI=1S/C13H19FN2O/c1-4-13(3,8-15)12(17)16-10-5-6-11(14)9(2)7-10/h5-7H,4,8,15H2,1-3H3,(H,16,17). The Hall–Kier alpha value is -1.42. The van der Waals surface area contributed by atoms with Crippen molar-refractivity contribution in [3.05, 3.63) is 29.6 Å². The summed E-state index contributed by atoms with van der Waals surface area (Å²) in [5.41, 5.74) is 6.13. The van der Waals surface area contributed by atoms with Gasteiger partial charge >= 0.3 is 0 Å². The van der Waals surface area contributed by atoms with E-state index in [1.807, 2.05) is 13.8 Å². The molecule has 0 saturated carbocycles. The van der Waals surface area contributed by atoms with Gasteiger partial charge in [-0.2, -0.15) is 0 Å². The Balaban J connectivity index is 2.84. The summed E-state index contributed by atoms with van der Waals surface area (Å²) in [5, 5.41) is 2.77. The van der Waals surface area contributed by atoms with E-state index < -0.39 is 5.41 Å². The highest BCUT2D eigenvalue weighted by molar-refractivity contribution is 5.95. The molecular weight excluding hydrogens is 219 g/mol. The molecule has 1 unspecified atom stereocenters. The molecule has 94 valence electrons. The number of nitrogens with one attached hydrogen (secondary N) is 1. The summed E-state index contributed by atoms with van der Waals surface area (Å²) in [7, 11) is 0. The second-order valence-electron chi connectivity index (χ2n) is 4.54. The second kappa shape index (κ2) is 5.27. The predicted molar refractivity (Wildman–Crippen MR) is 67.2 cm³/mol. The molecule has 0 radical (unpaired) electrons. The molecule has 0 bridgehead atoms. The molecule has 0 heterocycles. The predicted octanol–water partition coefficient (Wildman–Crippen LogP) is 2.45. The third kappa shape index (κ3) is 3.03. The maximum Gasteiger partial charge on any atom is 0.231 e. The Bertz CT molecular complexity index is 414. The lowest BCUT2D eigenvalue weighted by Gasteiger charge is -2.25. The molecule has 4 heteroatoms. The highest BCUT2D eigenvalue weighted by atomic mass is 19.1. The van der Waals surface area contributed by atoms with Gasteiger partial charge in [-0.05, 0) is 44.0 Å². The van der Waals surface area contributed by atoms with E-state index >= 15 is 0 Å². The summed E-state index contributed by atoms with van der Waals surface area (Å²) in [4.78, 5) is 12.0. The van der Waals surface area contributed by atoms with Crippen molar-refractivity contribution < 1.29 is 9.18 Å². The molecule has 0 saturated heterocycles. The molecule has 0 fully saturated rings. The Morgan fingerprint density at radius 1 is 1.53 bits per heavy atom. The average Bonchev–Trinajstić information content (AvgIpc) is 2.32. The van der Waals surface area contributed by atoms with E-state index in [-0.39, 0.29) is 18.3 Å². The van der Waals surface area contributed by atoms with Crippen LogP contribution >= 0.6 is 0 Å². The molecule has 0 aliphatic rings. The Morgan fingerprint density at radius 2 is 2.18 bits per heavy atom. The van der Waals surface area contributed by atoms with Crippen molar-refractivity contribution in [3.63, 3.8) is 0 Å². The number of anilines is 1. The van der Waals surface area contributed by atoms with Gasteiger partial charge in [0.05, 0.1) is 5.41 Å². The lowest BCUT2D eigenvalue weighted by molar-refractivity contribution is -0.124. The van der Waals surface area contributed by atoms with E-state index in [1.165, 1.54) is 6.07 Å². The van der Waals surface area contributed by atoms with E-state index in [2.05, 4.69) is 5.32 Å². The van der Waals surface area contributed by atoms with Crippen LogP contribution in [0.4, 0.5) is 10.1 Å². The van der Waals surface area contributed by atoms with Gasteiger partial charge in [-0.25, -0.2) is 4.39 Å². The number of nitrogens with two attached hydrogens (primary N) is 1. The summed E-state index contributed by atoms with van der Waals surface area (Å²) in [6, 6.07) is 4.50. The summed E-state index contributed by atoms with van der Waals surface area (Å²) in [6.07, 6.45) is 0.662. The first-order chi connectivity index (χ1) is 7.92. The summed E-state index contributed by atoms with van der Waals surface area (Å²) in [5.74, 6) is -0.409.